The highest BCUT2D eigenvalue weighted by Gasteiger charge is 2.18. The number of hydrogen-bond acceptors (Lipinski definition) is 5. The van der Waals surface area contributed by atoms with Gasteiger partial charge in [-0.3, -0.25) is 0 Å². The van der Waals surface area contributed by atoms with Crippen molar-refractivity contribution in [1.82, 2.24) is 9.97 Å². The number of rotatable bonds is 8. The molecule has 1 aromatic heterocycles. The second kappa shape index (κ2) is 7.28. The fourth-order valence-corrected chi connectivity index (χ4v) is 1.76. The van der Waals surface area contributed by atoms with Gasteiger partial charge in [0.2, 0.25) is 0 Å². The largest absolute Gasteiger partial charge is 0.385 e. The summed E-state index contributed by atoms with van der Waals surface area (Å²) in [6, 6.07) is 0. The van der Waals surface area contributed by atoms with Crippen molar-refractivity contribution in [2.24, 2.45) is 5.41 Å². The second-order valence-corrected chi connectivity index (χ2v) is 5.49. The van der Waals surface area contributed by atoms with E-state index < -0.39 is 0 Å². The molecule has 0 saturated heterocycles. The highest BCUT2D eigenvalue weighted by molar-refractivity contribution is 5.56. The van der Waals surface area contributed by atoms with Crippen LogP contribution in [0, 0.1) is 12.3 Å². The van der Waals surface area contributed by atoms with Gasteiger partial charge in [-0.15, -0.1) is 0 Å². The third-order valence-electron chi connectivity index (χ3n) is 3.15. The van der Waals surface area contributed by atoms with Crippen LogP contribution in [0.1, 0.15) is 32.8 Å². The van der Waals surface area contributed by atoms with E-state index in [-0.39, 0.29) is 5.41 Å². The molecule has 0 aliphatic heterocycles. The van der Waals surface area contributed by atoms with Crippen molar-refractivity contribution in [1.29, 1.82) is 0 Å². The van der Waals surface area contributed by atoms with Crippen LogP contribution in [0.2, 0.25) is 0 Å². The lowest BCUT2D eigenvalue weighted by atomic mass is 9.90. The fourth-order valence-electron chi connectivity index (χ4n) is 1.76. The maximum Gasteiger partial charge on any atom is 0.134 e. The third-order valence-corrected chi connectivity index (χ3v) is 3.15. The average molecular weight is 266 g/mol. The van der Waals surface area contributed by atoms with Crippen molar-refractivity contribution in [2.75, 3.05) is 37.4 Å². The van der Waals surface area contributed by atoms with Crippen LogP contribution in [0.15, 0.2) is 6.33 Å². The smallest absolute Gasteiger partial charge is 0.134 e. The molecule has 0 aromatic carbocycles. The Kier molecular flexibility index (Phi) is 6.02. The molecule has 0 aliphatic carbocycles. The van der Waals surface area contributed by atoms with Gasteiger partial charge in [0, 0.05) is 32.4 Å². The van der Waals surface area contributed by atoms with Crippen LogP contribution >= 0.6 is 0 Å². The monoisotopic (exact) mass is 266 g/mol. The minimum Gasteiger partial charge on any atom is -0.385 e. The standard InChI is InChI=1S/C14H26N4O/c1-6-15-12-11(2)13(18-10-17-12)16-9-14(3,4)7-8-19-5/h10H,6-9H2,1-5H3,(H2,15,16,17,18). The molecular formula is C14H26N4O. The van der Waals surface area contributed by atoms with E-state index in [4.69, 9.17) is 4.74 Å². The van der Waals surface area contributed by atoms with E-state index in [1.807, 2.05) is 6.92 Å². The fraction of sp³-hybridized carbons (Fsp3) is 0.714. The number of anilines is 2. The highest BCUT2D eigenvalue weighted by Crippen LogP contribution is 2.23. The lowest BCUT2D eigenvalue weighted by Gasteiger charge is -2.25. The Morgan fingerprint density at radius 1 is 1.21 bits per heavy atom. The first-order valence-corrected chi connectivity index (χ1v) is 6.78. The summed E-state index contributed by atoms with van der Waals surface area (Å²) in [4.78, 5) is 8.55. The van der Waals surface area contributed by atoms with E-state index in [2.05, 4.69) is 41.4 Å². The summed E-state index contributed by atoms with van der Waals surface area (Å²) >= 11 is 0. The zero-order valence-corrected chi connectivity index (χ0v) is 12.7. The van der Waals surface area contributed by atoms with Gasteiger partial charge in [0.25, 0.3) is 0 Å². The van der Waals surface area contributed by atoms with Gasteiger partial charge in [-0.05, 0) is 25.7 Å². The minimum atomic E-state index is 0.172. The molecule has 108 valence electrons. The van der Waals surface area contributed by atoms with E-state index in [0.717, 1.165) is 43.3 Å². The van der Waals surface area contributed by atoms with Crippen molar-refractivity contribution in [3.8, 4) is 0 Å². The number of hydrogen-bond donors (Lipinski definition) is 2. The normalized spacial score (nSPS) is 11.4. The van der Waals surface area contributed by atoms with Crippen molar-refractivity contribution >= 4 is 11.6 Å². The number of nitrogens with one attached hydrogen (secondary N) is 2. The molecule has 0 fully saturated rings. The molecule has 0 bridgehead atoms. The van der Waals surface area contributed by atoms with Crippen molar-refractivity contribution < 1.29 is 4.74 Å². The predicted octanol–water partition coefficient (Wildman–Crippen LogP) is 2.69. The zero-order chi connectivity index (χ0) is 14.3. The summed E-state index contributed by atoms with van der Waals surface area (Å²) in [5.41, 5.74) is 1.23. The van der Waals surface area contributed by atoms with Gasteiger partial charge in [0.15, 0.2) is 0 Å². The Morgan fingerprint density at radius 3 is 2.42 bits per heavy atom. The molecular weight excluding hydrogens is 240 g/mol. The van der Waals surface area contributed by atoms with Gasteiger partial charge in [0.1, 0.15) is 18.0 Å². The summed E-state index contributed by atoms with van der Waals surface area (Å²) < 4.78 is 5.14. The summed E-state index contributed by atoms with van der Waals surface area (Å²) in [5, 5.41) is 6.65. The highest BCUT2D eigenvalue weighted by atomic mass is 16.5. The Morgan fingerprint density at radius 2 is 1.84 bits per heavy atom. The van der Waals surface area contributed by atoms with Crippen LogP contribution in [0.3, 0.4) is 0 Å². The Labute approximate surface area is 116 Å². The van der Waals surface area contributed by atoms with Gasteiger partial charge in [-0.25, -0.2) is 9.97 Å². The van der Waals surface area contributed by atoms with Gasteiger partial charge in [-0.1, -0.05) is 13.8 Å². The molecule has 1 heterocycles. The minimum absolute atomic E-state index is 0.172. The Balaban J connectivity index is 2.64. The molecule has 19 heavy (non-hydrogen) atoms. The molecule has 0 saturated carbocycles. The quantitative estimate of drug-likeness (QED) is 0.757. The molecule has 0 radical (unpaired) electrons. The van der Waals surface area contributed by atoms with Crippen LogP contribution in [-0.2, 0) is 4.74 Å². The molecule has 5 heteroatoms. The topological polar surface area (TPSA) is 59.1 Å². The van der Waals surface area contributed by atoms with Crippen LogP contribution in [0.4, 0.5) is 11.6 Å². The molecule has 0 aliphatic rings. The number of nitrogens with zero attached hydrogens (tertiary/aromatic N) is 2. The van der Waals surface area contributed by atoms with Gasteiger partial charge in [0.05, 0.1) is 0 Å². The van der Waals surface area contributed by atoms with Crippen molar-refractivity contribution in [2.45, 2.75) is 34.1 Å². The average Bonchev–Trinajstić information content (AvgIpc) is 2.38. The SMILES string of the molecule is CCNc1ncnc(NCC(C)(C)CCOC)c1C. The Bertz CT molecular complexity index is 393. The van der Waals surface area contributed by atoms with Gasteiger partial charge in [-0.2, -0.15) is 0 Å². The van der Waals surface area contributed by atoms with Crippen molar-refractivity contribution in [3.05, 3.63) is 11.9 Å². The summed E-state index contributed by atoms with van der Waals surface area (Å²) in [6.45, 7) is 11.0. The first-order chi connectivity index (χ1) is 9.00. The lowest BCUT2D eigenvalue weighted by molar-refractivity contribution is 0.157. The Hall–Kier alpha value is -1.36. The summed E-state index contributed by atoms with van der Waals surface area (Å²) in [7, 11) is 1.74. The molecule has 5 nitrogen and oxygen atoms in total. The maximum absolute atomic E-state index is 5.14. The maximum atomic E-state index is 5.14. The summed E-state index contributed by atoms with van der Waals surface area (Å²) in [5.74, 6) is 1.80. The second-order valence-electron chi connectivity index (χ2n) is 5.49. The molecule has 1 aromatic rings. The molecule has 0 unspecified atom stereocenters. The van der Waals surface area contributed by atoms with E-state index in [9.17, 15) is 0 Å². The first-order valence-electron chi connectivity index (χ1n) is 6.78. The van der Waals surface area contributed by atoms with Crippen molar-refractivity contribution in [3.63, 3.8) is 0 Å². The van der Waals surface area contributed by atoms with E-state index >= 15 is 0 Å². The molecule has 0 spiro atoms. The number of ether oxygens (including phenoxy) is 1. The van der Waals surface area contributed by atoms with E-state index in [0.29, 0.717) is 0 Å². The first kappa shape index (κ1) is 15.7. The van der Waals surface area contributed by atoms with E-state index in [1.165, 1.54) is 0 Å². The van der Waals surface area contributed by atoms with E-state index in [1.54, 1.807) is 13.4 Å². The summed E-state index contributed by atoms with van der Waals surface area (Å²) in [6.07, 6.45) is 2.61. The third kappa shape index (κ3) is 5.03. The van der Waals surface area contributed by atoms with Crippen LogP contribution in [-0.4, -0.2) is 36.8 Å². The predicted molar refractivity (Wildman–Crippen MR) is 79.7 cm³/mol. The lowest BCUT2D eigenvalue weighted by Crippen LogP contribution is -2.25. The molecule has 1 rings (SSSR count). The molecule has 2 N–H and O–H groups in total. The van der Waals surface area contributed by atoms with Crippen LogP contribution in [0.5, 0.6) is 0 Å². The van der Waals surface area contributed by atoms with Gasteiger partial charge < -0.3 is 15.4 Å². The number of aromatic nitrogens is 2. The van der Waals surface area contributed by atoms with Crippen LogP contribution in [0.25, 0.3) is 0 Å². The molecule has 0 amide bonds. The number of methoxy groups -OCH3 is 1. The van der Waals surface area contributed by atoms with Gasteiger partial charge >= 0.3 is 0 Å². The van der Waals surface area contributed by atoms with Crippen LogP contribution < -0.4 is 10.6 Å². The zero-order valence-electron chi connectivity index (χ0n) is 12.7. The molecule has 0 atom stereocenters.